The van der Waals surface area contributed by atoms with Crippen molar-refractivity contribution >= 4 is 10.9 Å². The maximum absolute atomic E-state index is 12.6. The van der Waals surface area contributed by atoms with Crippen LogP contribution < -0.4 is 10.5 Å². The minimum absolute atomic E-state index is 0.208. The Balaban J connectivity index is 2.09. The van der Waals surface area contributed by atoms with Crippen molar-refractivity contribution in [3.8, 4) is 17.0 Å². The zero-order valence-electron chi connectivity index (χ0n) is 14.5. The summed E-state index contributed by atoms with van der Waals surface area (Å²) in [4.78, 5) is 3.36. The Morgan fingerprint density at radius 2 is 1.88 bits per heavy atom. The average Bonchev–Trinajstić information content (AvgIpc) is 2.92. The maximum atomic E-state index is 12.6. The van der Waals surface area contributed by atoms with Crippen LogP contribution in [0.3, 0.4) is 0 Å². The lowest BCUT2D eigenvalue weighted by atomic mass is 9.99. The number of nitrogens with two attached hydrogens (primary N) is 1. The molecule has 0 radical (unpaired) electrons. The molecule has 3 nitrogen and oxygen atoms in total. The number of aromatic amines is 1. The van der Waals surface area contributed by atoms with Crippen LogP contribution in [0.5, 0.6) is 5.75 Å². The molecule has 1 heterocycles. The third-order valence-corrected chi connectivity index (χ3v) is 4.30. The summed E-state index contributed by atoms with van der Waals surface area (Å²) >= 11 is 0. The standard InChI is InChI=1S/C20H21F3N2O/c1-13-5-4-6-14(11-13)19-16(7-2-3-10-24)17-12-15(26-20(21,22)23)8-9-18(17)25-19/h4-6,8-9,11-12,25H,2-3,7,10,24H2,1H3. The van der Waals surface area contributed by atoms with Crippen molar-refractivity contribution in [1.29, 1.82) is 0 Å². The monoisotopic (exact) mass is 362 g/mol. The van der Waals surface area contributed by atoms with Gasteiger partial charge in [0.1, 0.15) is 5.75 Å². The molecule has 0 amide bonds. The van der Waals surface area contributed by atoms with Crippen LogP contribution in [0.15, 0.2) is 42.5 Å². The molecule has 3 aromatic rings. The van der Waals surface area contributed by atoms with Gasteiger partial charge in [0.2, 0.25) is 0 Å². The quantitative estimate of drug-likeness (QED) is 0.583. The number of fused-ring (bicyclic) bond motifs is 1. The molecule has 2 aromatic carbocycles. The molecule has 0 bridgehead atoms. The van der Waals surface area contributed by atoms with Gasteiger partial charge in [0.25, 0.3) is 0 Å². The molecule has 0 atom stereocenters. The Bertz CT molecular complexity index is 900. The number of aromatic nitrogens is 1. The van der Waals surface area contributed by atoms with Gasteiger partial charge >= 0.3 is 6.36 Å². The molecular weight excluding hydrogens is 341 g/mol. The number of unbranched alkanes of at least 4 members (excludes halogenated alkanes) is 1. The van der Waals surface area contributed by atoms with Gasteiger partial charge in [0, 0.05) is 16.6 Å². The predicted octanol–water partition coefficient (Wildman–Crippen LogP) is 5.32. The minimum atomic E-state index is -4.71. The summed E-state index contributed by atoms with van der Waals surface area (Å²) in [7, 11) is 0. The van der Waals surface area contributed by atoms with Gasteiger partial charge in [-0.15, -0.1) is 13.2 Å². The number of alkyl halides is 3. The van der Waals surface area contributed by atoms with Gasteiger partial charge in [0.15, 0.2) is 0 Å². The number of nitrogens with one attached hydrogen (secondary N) is 1. The van der Waals surface area contributed by atoms with Gasteiger partial charge in [-0.25, -0.2) is 0 Å². The lowest BCUT2D eigenvalue weighted by Gasteiger charge is -2.09. The van der Waals surface area contributed by atoms with Gasteiger partial charge < -0.3 is 15.5 Å². The second kappa shape index (κ2) is 7.41. The van der Waals surface area contributed by atoms with E-state index >= 15 is 0 Å². The first-order valence-electron chi connectivity index (χ1n) is 8.55. The number of benzene rings is 2. The summed E-state index contributed by atoms with van der Waals surface area (Å²) < 4.78 is 41.8. The molecule has 0 saturated heterocycles. The molecule has 0 aliphatic rings. The molecule has 26 heavy (non-hydrogen) atoms. The second-order valence-electron chi connectivity index (χ2n) is 6.35. The van der Waals surface area contributed by atoms with Crippen molar-refractivity contribution in [2.75, 3.05) is 6.54 Å². The highest BCUT2D eigenvalue weighted by Gasteiger charge is 2.31. The summed E-state index contributed by atoms with van der Waals surface area (Å²) in [6.45, 7) is 2.60. The molecule has 3 N–H and O–H groups in total. The van der Waals surface area contributed by atoms with E-state index in [9.17, 15) is 13.2 Å². The molecule has 0 unspecified atom stereocenters. The third-order valence-electron chi connectivity index (χ3n) is 4.30. The Labute approximate surface area is 150 Å². The van der Waals surface area contributed by atoms with Gasteiger partial charge in [0.05, 0.1) is 0 Å². The van der Waals surface area contributed by atoms with Crippen LogP contribution in [0.1, 0.15) is 24.0 Å². The molecule has 0 aliphatic heterocycles. The highest BCUT2D eigenvalue weighted by Crippen LogP contribution is 2.35. The van der Waals surface area contributed by atoms with E-state index in [4.69, 9.17) is 5.73 Å². The van der Waals surface area contributed by atoms with Crippen molar-refractivity contribution in [1.82, 2.24) is 4.98 Å². The van der Waals surface area contributed by atoms with Crippen LogP contribution >= 0.6 is 0 Å². The van der Waals surface area contributed by atoms with Crippen LogP contribution in [0.25, 0.3) is 22.2 Å². The molecule has 0 aliphatic carbocycles. The molecule has 0 spiro atoms. The first kappa shape index (κ1) is 18.3. The lowest BCUT2D eigenvalue weighted by molar-refractivity contribution is -0.274. The van der Waals surface area contributed by atoms with Crippen LogP contribution in [0.4, 0.5) is 13.2 Å². The van der Waals surface area contributed by atoms with E-state index in [1.165, 1.54) is 12.1 Å². The number of H-pyrrole nitrogens is 1. The number of hydrogen-bond acceptors (Lipinski definition) is 2. The summed E-state index contributed by atoms with van der Waals surface area (Å²) in [5.41, 5.74) is 10.4. The van der Waals surface area contributed by atoms with Gasteiger partial charge in [-0.05, 0) is 68.1 Å². The lowest BCUT2D eigenvalue weighted by Crippen LogP contribution is -2.16. The minimum Gasteiger partial charge on any atom is -0.406 e. The largest absolute Gasteiger partial charge is 0.573 e. The van der Waals surface area contributed by atoms with Gasteiger partial charge in [-0.2, -0.15) is 0 Å². The van der Waals surface area contributed by atoms with E-state index in [0.717, 1.165) is 52.5 Å². The number of rotatable bonds is 6. The molecule has 138 valence electrons. The van der Waals surface area contributed by atoms with Crippen molar-refractivity contribution < 1.29 is 17.9 Å². The Kier molecular flexibility index (Phi) is 5.23. The Morgan fingerprint density at radius 3 is 2.58 bits per heavy atom. The van der Waals surface area contributed by atoms with Crippen LogP contribution in [-0.4, -0.2) is 17.9 Å². The van der Waals surface area contributed by atoms with E-state index < -0.39 is 6.36 Å². The topological polar surface area (TPSA) is 51.0 Å². The van der Waals surface area contributed by atoms with Crippen molar-refractivity contribution in [3.05, 3.63) is 53.6 Å². The number of aryl methyl sites for hydroxylation is 2. The fourth-order valence-electron chi connectivity index (χ4n) is 3.18. The Hall–Kier alpha value is -2.47. The van der Waals surface area contributed by atoms with Crippen molar-refractivity contribution in [2.45, 2.75) is 32.5 Å². The van der Waals surface area contributed by atoms with E-state index in [1.807, 2.05) is 25.1 Å². The van der Waals surface area contributed by atoms with Crippen molar-refractivity contribution in [2.24, 2.45) is 5.73 Å². The highest BCUT2D eigenvalue weighted by molar-refractivity contribution is 5.91. The van der Waals surface area contributed by atoms with E-state index in [0.29, 0.717) is 6.54 Å². The van der Waals surface area contributed by atoms with Gasteiger partial charge in [-0.1, -0.05) is 23.8 Å². The first-order valence-corrected chi connectivity index (χ1v) is 8.55. The van der Waals surface area contributed by atoms with Crippen LogP contribution in [0.2, 0.25) is 0 Å². The first-order chi connectivity index (χ1) is 12.4. The van der Waals surface area contributed by atoms with Crippen molar-refractivity contribution in [3.63, 3.8) is 0 Å². The fourth-order valence-corrected chi connectivity index (χ4v) is 3.18. The molecule has 0 fully saturated rings. The fraction of sp³-hybridized carbons (Fsp3) is 0.300. The number of ether oxygens (including phenoxy) is 1. The molecular formula is C20H21F3N2O. The predicted molar refractivity (Wildman–Crippen MR) is 97.1 cm³/mol. The molecule has 6 heteroatoms. The smallest absolute Gasteiger partial charge is 0.406 e. The zero-order valence-corrected chi connectivity index (χ0v) is 14.5. The summed E-state index contributed by atoms with van der Waals surface area (Å²) in [5.74, 6) is -0.208. The van der Waals surface area contributed by atoms with Gasteiger partial charge in [-0.3, -0.25) is 0 Å². The van der Waals surface area contributed by atoms with Crippen LogP contribution in [-0.2, 0) is 6.42 Å². The third kappa shape index (κ3) is 4.19. The second-order valence-corrected chi connectivity index (χ2v) is 6.35. The molecule has 1 aromatic heterocycles. The normalized spacial score (nSPS) is 11.9. The molecule has 0 saturated carbocycles. The van der Waals surface area contributed by atoms with E-state index in [1.54, 1.807) is 6.07 Å². The zero-order chi connectivity index (χ0) is 18.7. The summed E-state index contributed by atoms with van der Waals surface area (Å²) in [6, 6.07) is 12.4. The number of hydrogen-bond donors (Lipinski definition) is 2. The van der Waals surface area contributed by atoms with E-state index in [2.05, 4.69) is 15.8 Å². The Morgan fingerprint density at radius 1 is 1.08 bits per heavy atom. The van der Waals surface area contributed by atoms with Crippen LogP contribution in [0, 0.1) is 6.92 Å². The summed E-state index contributed by atoms with van der Waals surface area (Å²) in [5, 5.41) is 0.750. The average molecular weight is 362 g/mol. The summed E-state index contributed by atoms with van der Waals surface area (Å²) in [6.07, 6.45) is -2.25. The molecule has 3 rings (SSSR count). The van der Waals surface area contributed by atoms with E-state index in [-0.39, 0.29) is 5.75 Å². The SMILES string of the molecule is Cc1cccc(-c2[nH]c3ccc(OC(F)(F)F)cc3c2CCCCN)c1. The highest BCUT2D eigenvalue weighted by atomic mass is 19.4. The number of halogens is 3. The maximum Gasteiger partial charge on any atom is 0.573 e.